The summed E-state index contributed by atoms with van der Waals surface area (Å²) in [6.07, 6.45) is 1.18. The van der Waals surface area contributed by atoms with Crippen molar-refractivity contribution in [3.05, 3.63) is 35.6 Å². The molecule has 1 aliphatic heterocycles. The van der Waals surface area contributed by atoms with Crippen LogP contribution in [0, 0.1) is 11.7 Å². The fourth-order valence-corrected chi connectivity index (χ4v) is 2.50. The fourth-order valence-electron chi connectivity index (χ4n) is 2.50. The SMILES string of the molecule is CC(C)(C)OC(=O)N1CCC(COC(=O)c2cccc(F)c2)CC1. The van der Waals surface area contributed by atoms with E-state index in [1.54, 1.807) is 4.90 Å². The molecule has 1 fully saturated rings. The highest BCUT2D eigenvalue weighted by atomic mass is 19.1. The summed E-state index contributed by atoms with van der Waals surface area (Å²) < 4.78 is 23.7. The van der Waals surface area contributed by atoms with Crippen molar-refractivity contribution in [1.82, 2.24) is 4.90 Å². The van der Waals surface area contributed by atoms with Crippen LogP contribution in [-0.4, -0.2) is 42.3 Å². The van der Waals surface area contributed by atoms with Crippen molar-refractivity contribution in [3.8, 4) is 0 Å². The smallest absolute Gasteiger partial charge is 0.410 e. The molecule has 0 radical (unpaired) electrons. The fraction of sp³-hybridized carbons (Fsp3) is 0.556. The molecule has 2 rings (SSSR count). The number of hydrogen-bond donors (Lipinski definition) is 0. The van der Waals surface area contributed by atoms with E-state index >= 15 is 0 Å². The van der Waals surface area contributed by atoms with E-state index in [2.05, 4.69) is 0 Å². The number of rotatable bonds is 3. The number of halogens is 1. The molecule has 1 aromatic carbocycles. The van der Waals surface area contributed by atoms with E-state index in [-0.39, 0.29) is 24.2 Å². The topological polar surface area (TPSA) is 55.8 Å². The summed E-state index contributed by atoms with van der Waals surface area (Å²) in [6, 6.07) is 5.44. The van der Waals surface area contributed by atoms with Crippen molar-refractivity contribution >= 4 is 12.1 Å². The number of carbonyl (C=O) groups excluding carboxylic acids is 2. The van der Waals surface area contributed by atoms with Gasteiger partial charge in [0.15, 0.2) is 0 Å². The minimum atomic E-state index is -0.524. The molecule has 0 aliphatic carbocycles. The Labute approximate surface area is 141 Å². The van der Waals surface area contributed by atoms with Crippen LogP contribution in [0.25, 0.3) is 0 Å². The van der Waals surface area contributed by atoms with Gasteiger partial charge in [0, 0.05) is 13.1 Å². The van der Waals surface area contributed by atoms with Crippen molar-refractivity contribution in [3.63, 3.8) is 0 Å². The van der Waals surface area contributed by atoms with Crippen LogP contribution < -0.4 is 0 Å². The lowest BCUT2D eigenvalue weighted by Crippen LogP contribution is -2.42. The lowest BCUT2D eigenvalue weighted by molar-refractivity contribution is 0.0115. The van der Waals surface area contributed by atoms with Crippen molar-refractivity contribution < 1.29 is 23.5 Å². The molecule has 5 nitrogen and oxygen atoms in total. The Morgan fingerprint density at radius 2 is 1.92 bits per heavy atom. The van der Waals surface area contributed by atoms with Gasteiger partial charge in [-0.05, 0) is 57.7 Å². The highest BCUT2D eigenvalue weighted by Gasteiger charge is 2.27. The minimum absolute atomic E-state index is 0.196. The Balaban J connectivity index is 1.75. The molecular weight excluding hydrogens is 313 g/mol. The number of piperidine rings is 1. The number of ether oxygens (including phenoxy) is 2. The molecular formula is C18H24FNO4. The van der Waals surface area contributed by atoms with E-state index in [1.807, 2.05) is 20.8 Å². The molecule has 24 heavy (non-hydrogen) atoms. The number of carbonyl (C=O) groups is 2. The Kier molecular flexibility index (Phi) is 5.80. The Morgan fingerprint density at radius 3 is 2.50 bits per heavy atom. The number of nitrogens with zero attached hydrogens (tertiary/aromatic N) is 1. The molecule has 1 aliphatic rings. The predicted octanol–water partition coefficient (Wildman–Crippen LogP) is 3.63. The summed E-state index contributed by atoms with van der Waals surface area (Å²) in [7, 11) is 0. The van der Waals surface area contributed by atoms with Crippen molar-refractivity contribution in [1.29, 1.82) is 0 Å². The summed E-state index contributed by atoms with van der Waals surface area (Å²) in [5, 5.41) is 0. The number of benzene rings is 1. The zero-order chi connectivity index (χ0) is 17.7. The van der Waals surface area contributed by atoms with Crippen molar-refractivity contribution in [2.45, 2.75) is 39.2 Å². The maximum Gasteiger partial charge on any atom is 0.410 e. The summed E-state index contributed by atoms with van der Waals surface area (Å²) in [4.78, 5) is 25.6. The molecule has 1 heterocycles. The highest BCUT2D eigenvalue weighted by Crippen LogP contribution is 2.20. The van der Waals surface area contributed by atoms with Gasteiger partial charge in [0.25, 0.3) is 0 Å². The maximum atomic E-state index is 13.1. The van der Waals surface area contributed by atoms with Gasteiger partial charge in [-0.2, -0.15) is 0 Å². The third-order valence-electron chi connectivity index (χ3n) is 3.78. The Bertz CT molecular complexity index is 589. The first-order valence-corrected chi connectivity index (χ1v) is 8.15. The van der Waals surface area contributed by atoms with Gasteiger partial charge in [-0.3, -0.25) is 0 Å². The van der Waals surface area contributed by atoms with Gasteiger partial charge in [-0.15, -0.1) is 0 Å². The summed E-state index contributed by atoms with van der Waals surface area (Å²) in [5.41, 5.74) is -0.296. The quantitative estimate of drug-likeness (QED) is 0.790. The van der Waals surface area contributed by atoms with E-state index in [4.69, 9.17) is 9.47 Å². The predicted molar refractivity (Wildman–Crippen MR) is 87.2 cm³/mol. The molecule has 1 aromatic rings. The van der Waals surface area contributed by atoms with E-state index in [9.17, 15) is 14.0 Å². The molecule has 1 amide bonds. The van der Waals surface area contributed by atoms with E-state index < -0.39 is 17.4 Å². The molecule has 0 bridgehead atoms. The minimum Gasteiger partial charge on any atom is -0.462 e. The van der Waals surface area contributed by atoms with Gasteiger partial charge in [0.2, 0.25) is 0 Å². The van der Waals surface area contributed by atoms with Crippen LogP contribution in [0.4, 0.5) is 9.18 Å². The zero-order valence-corrected chi connectivity index (χ0v) is 14.4. The third kappa shape index (κ3) is 5.51. The zero-order valence-electron chi connectivity index (χ0n) is 14.4. The van der Waals surface area contributed by atoms with Gasteiger partial charge in [-0.1, -0.05) is 6.07 Å². The standard InChI is InChI=1S/C18H24FNO4/c1-18(2,3)24-17(22)20-9-7-13(8-10-20)12-23-16(21)14-5-4-6-15(19)11-14/h4-6,11,13H,7-10,12H2,1-3H3. The second-order valence-electron chi connectivity index (χ2n) is 7.02. The second-order valence-corrected chi connectivity index (χ2v) is 7.02. The van der Waals surface area contributed by atoms with Crippen LogP contribution in [-0.2, 0) is 9.47 Å². The number of hydrogen-bond acceptors (Lipinski definition) is 4. The Hall–Kier alpha value is -2.11. The molecule has 0 atom stereocenters. The lowest BCUT2D eigenvalue weighted by atomic mass is 9.98. The van der Waals surface area contributed by atoms with Crippen LogP contribution in [0.1, 0.15) is 44.0 Å². The van der Waals surface area contributed by atoms with Crippen LogP contribution in [0.15, 0.2) is 24.3 Å². The van der Waals surface area contributed by atoms with Crippen LogP contribution >= 0.6 is 0 Å². The normalized spacial score (nSPS) is 15.9. The van der Waals surface area contributed by atoms with E-state index in [0.717, 1.165) is 18.9 Å². The highest BCUT2D eigenvalue weighted by molar-refractivity contribution is 5.89. The molecule has 6 heteroatoms. The monoisotopic (exact) mass is 337 g/mol. The van der Waals surface area contributed by atoms with Gasteiger partial charge < -0.3 is 14.4 Å². The third-order valence-corrected chi connectivity index (χ3v) is 3.78. The molecule has 1 saturated heterocycles. The van der Waals surface area contributed by atoms with Crippen molar-refractivity contribution in [2.24, 2.45) is 5.92 Å². The molecule has 0 N–H and O–H groups in total. The Morgan fingerprint density at radius 1 is 1.25 bits per heavy atom. The average Bonchev–Trinajstić information content (AvgIpc) is 2.51. The first-order chi connectivity index (χ1) is 11.2. The van der Waals surface area contributed by atoms with Gasteiger partial charge in [0.1, 0.15) is 11.4 Å². The van der Waals surface area contributed by atoms with Gasteiger partial charge in [-0.25, -0.2) is 14.0 Å². The summed E-state index contributed by atoms with van der Waals surface area (Å²) in [5.74, 6) is -0.791. The molecule has 0 saturated carbocycles. The molecule has 0 spiro atoms. The number of esters is 1. The van der Waals surface area contributed by atoms with Gasteiger partial charge in [0.05, 0.1) is 12.2 Å². The van der Waals surface area contributed by atoms with Crippen LogP contribution in [0.3, 0.4) is 0 Å². The average molecular weight is 337 g/mol. The second kappa shape index (κ2) is 7.64. The molecule has 0 aromatic heterocycles. The lowest BCUT2D eigenvalue weighted by Gasteiger charge is -2.33. The van der Waals surface area contributed by atoms with E-state index in [1.165, 1.54) is 18.2 Å². The molecule has 0 unspecified atom stereocenters. The van der Waals surface area contributed by atoms with Crippen LogP contribution in [0.2, 0.25) is 0 Å². The summed E-state index contributed by atoms with van der Waals surface area (Å²) >= 11 is 0. The van der Waals surface area contributed by atoms with E-state index in [0.29, 0.717) is 13.1 Å². The number of amides is 1. The van der Waals surface area contributed by atoms with Crippen molar-refractivity contribution in [2.75, 3.05) is 19.7 Å². The largest absolute Gasteiger partial charge is 0.462 e. The number of likely N-dealkylation sites (tertiary alicyclic amines) is 1. The molecule has 132 valence electrons. The first-order valence-electron chi connectivity index (χ1n) is 8.15. The first kappa shape index (κ1) is 18.2. The maximum absolute atomic E-state index is 13.1. The van der Waals surface area contributed by atoms with Gasteiger partial charge >= 0.3 is 12.1 Å². The summed E-state index contributed by atoms with van der Waals surface area (Å²) in [6.45, 7) is 6.95. The van der Waals surface area contributed by atoms with Crippen LogP contribution in [0.5, 0.6) is 0 Å².